The molecule has 1 fully saturated rings. The maximum Gasteiger partial charge on any atom is 0.213 e. The van der Waals surface area contributed by atoms with Crippen LogP contribution in [0.2, 0.25) is 0 Å². The standard InChI is InChI=1S/C20H23FN4O2S/c21-17-11-9-16(10-12-17)20(15-5-1-2-6-15)23-28(26,27)14-13-25-19-8-4-3-7-18(19)22-24-25/h3-4,7-12,15,20,23H,1-2,5-6,13-14H2. The number of benzene rings is 2. The van der Waals surface area contributed by atoms with Crippen LogP contribution in [0.15, 0.2) is 48.5 Å². The van der Waals surface area contributed by atoms with Gasteiger partial charge in [0.1, 0.15) is 11.3 Å². The van der Waals surface area contributed by atoms with Crippen molar-refractivity contribution in [1.29, 1.82) is 0 Å². The SMILES string of the molecule is O=S(=O)(CCn1nnc2ccccc21)NC(c1ccc(F)cc1)C1CCCC1. The van der Waals surface area contributed by atoms with Gasteiger partial charge in [-0.3, -0.25) is 0 Å². The van der Waals surface area contributed by atoms with Gasteiger partial charge >= 0.3 is 0 Å². The van der Waals surface area contributed by atoms with Crippen LogP contribution in [0.4, 0.5) is 4.39 Å². The fourth-order valence-electron chi connectivity index (χ4n) is 3.94. The Morgan fingerprint density at radius 3 is 2.57 bits per heavy atom. The van der Waals surface area contributed by atoms with Crippen molar-refractivity contribution in [1.82, 2.24) is 19.7 Å². The van der Waals surface area contributed by atoms with Gasteiger partial charge in [0, 0.05) is 6.04 Å². The first-order chi connectivity index (χ1) is 13.5. The van der Waals surface area contributed by atoms with Gasteiger partial charge in [-0.15, -0.1) is 5.10 Å². The number of rotatable bonds is 7. The molecule has 4 rings (SSSR count). The molecule has 1 heterocycles. The fraction of sp³-hybridized carbons (Fsp3) is 0.400. The summed E-state index contributed by atoms with van der Waals surface area (Å²) in [5.41, 5.74) is 2.36. The number of fused-ring (bicyclic) bond motifs is 1. The normalized spacial score (nSPS) is 16.6. The van der Waals surface area contributed by atoms with Crippen LogP contribution in [0.5, 0.6) is 0 Å². The molecule has 0 spiro atoms. The van der Waals surface area contributed by atoms with E-state index < -0.39 is 10.0 Å². The summed E-state index contributed by atoms with van der Waals surface area (Å²) < 4.78 is 43.4. The zero-order chi connectivity index (χ0) is 19.6. The lowest BCUT2D eigenvalue weighted by molar-refractivity contribution is 0.409. The van der Waals surface area contributed by atoms with E-state index in [1.165, 1.54) is 12.1 Å². The van der Waals surface area contributed by atoms with E-state index in [9.17, 15) is 12.8 Å². The maximum atomic E-state index is 13.3. The summed E-state index contributed by atoms with van der Waals surface area (Å²) in [5.74, 6) is -0.188. The molecule has 0 aliphatic heterocycles. The van der Waals surface area contributed by atoms with E-state index in [0.29, 0.717) is 0 Å². The maximum absolute atomic E-state index is 13.3. The molecule has 1 unspecified atom stereocenters. The predicted molar refractivity (Wildman–Crippen MR) is 106 cm³/mol. The minimum atomic E-state index is -3.55. The monoisotopic (exact) mass is 402 g/mol. The zero-order valence-corrected chi connectivity index (χ0v) is 16.3. The highest BCUT2D eigenvalue weighted by atomic mass is 32.2. The molecule has 0 saturated heterocycles. The lowest BCUT2D eigenvalue weighted by atomic mass is 9.92. The third-order valence-corrected chi connectivity index (χ3v) is 6.73. The van der Waals surface area contributed by atoms with Crippen molar-refractivity contribution in [2.24, 2.45) is 5.92 Å². The van der Waals surface area contributed by atoms with Gasteiger partial charge in [-0.1, -0.05) is 42.3 Å². The highest BCUT2D eigenvalue weighted by molar-refractivity contribution is 7.89. The summed E-state index contributed by atoms with van der Waals surface area (Å²) in [7, 11) is -3.55. The Hall–Kier alpha value is -2.32. The Labute approximate surface area is 163 Å². The number of hydrogen-bond donors (Lipinski definition) is 1. The molecule has 1 saturated carbocycles. The minimum Gasteiger partial charge on any atom is -0.244 e. The number of halogens is 1. The largest absolute Gasteiger partial charge is 0.244 e. The smallest absolute Gasteiger partial charge is 0.213 e. The third kappa shape index (κ3) is 4.23. The third-order valence-electron chi connectivity index (χ3n) is 5.40. The number of hydrogen-bond acceptors (Lipinski definition) is 4. The van der Waals surface area contributed by atoms with Gasteiger partial charge in [0.25, 0.3) is 0 Å². The van der Waals surface area contributed by atoms with Gasteiger partial charge in [0.2, 0.25) is 10.0 Å². The second kappa shape index (κ2) is 7.97. The van der Waals surface area contributed by atoms with Crippen LogP contribution >= 0.6 is 0 Å². The number of aromatic nitrogens is 3. The number of para-hydroxylation sites is 1. The van der Waals surface area contributed by atoms with Crippen molar-refractivity contribution < 1.29 is 12.8 Å². The molecule has 0 bridgehead atoms. The van der Waals surface area contributed by atoms with Crippen LogP contribution in [-0.4, -0.2) is 29.2 Å². The Morgan fingerprint density at radius 2 is 1.82 bits per heavy atom. The van der Waals surface area contributed by atoms with E-state index in [2.05, 4.69) is 15.0 Å². The first-order valence-corrected chi connectivity index (χ1v) is 11.2. The average molecular weight is 402 g/mol. The molecule has 148 valence electrons. The summed E-state index contributed by atoms with van der Waals surface area (Å²) in [5, 5.41) is 8.12. The van der Waals surface area contributed by atoms with Crippen molar-refractivity contribution in [2.45, 2.75) is 38.3 Å². The van der Waals surface area contributed by atoms with Crippen LogP contribution in [0.25, 0.3) is 11.0 Å². The molecule has 0 amide bonds. The summed E-state index contributed by atoms with van der Waals surface area (Å²) in [4.78, 5) is 0. The second-order valence-corrected chi connectivity index (χ2v) is 9.19. The molecule has 1 N–H and O–H groups in total. The van der Waals surface area contributed by atoms with Gasteiger partial charge in [0.15, 0.2) is 0 Å². The van der Waals surface area contributed by atoms with Crippen molar-refractivity contribution in [3.8, 4) is 0 Å². The van der Waals surface area contributed by atoms with E-state index in [1.807, 2.05) is 24.3 Å². The van der Waals surface area contributed by atoms with Crippen LogP contribution in [0, 0.1) is 11.7 Å². The Bertz CT molecular complexity index is 1040. The molecular formula is C20H23FN4O2S. The molecule has 3 aromatic rings. The van der Waals surface area contributed by atoms with E-state index >= 15 is 0 Å². The summed E-state index contributed by atoms with van der Waals surface area (Å²) >= 11 is 0. The molecule has 1 atom stereocenters. The molecule has 1 aliphatic carbocycles. The summed E-state index contributed by atoms with van der Waals surface area (Å²) in [6.45, 7) is 0.219. The summed E-state index contributed by atoms with van der Waals surface area (Å²) in [6, 6.07) is 13.2. The van der Waals surface area contributed by atoms with Crippen molar-refractivity contribution in [2.75, 3.05) is 5.75 Å². The lowest BCUT2D eigenvalue weighted by Gasteiger charge is -2.25. The van der Waals surface area contributed by atoms with Crippen LogP contribution in [0.3, 0.4) is 0 Å². The number of nitrogens with one attached hydrogen (secondary N) is 1. The van der Waals surface area contributed by atoms with Gasteiger partial charge in [-0.25, -0.2) is 22.2 Å². The van der Waals surface area contributed by atoms with E-state index in [0.717, 1.165) is 42.3 Å². The van der Waals surface area contributed by atoms with E-state index in [1.54, 1.807) is 16.8 Å². The van der Waals surface area contributed by atoms with Crippen molar-refractivity contribution in [3.05, 3.63) is 59.9 Å². The van der Waals surface area contributed by atoms with Crippen LogP contribution < -0.4 is 4.72 Å². The van der Waals surface area contributed by atoms with E-state index in [4.69, 9.17) is 0 Å². The topological polar surface area (TPSA) is 76.9 Å². The molecular weight excluding hydrogens is 379 g/mol. The average Bonchev–Trinajstić information content (AvgIpc) is 3.36. The Balaban J connectivity index is 1.50. The molecule has 2 aromatic carbocycles. The molecule has 6 nitrogen and oxygen atoms in total. The highest BCUT2D eigenvalue weighted by Crippen LogP contribution is 2.36. The fourth-order valence-corrected chi connectivity index (χ4v) is 5.19. The van der Waals surface area contributed by atoms with Crippen LogP contribution in [-0.2, 0) is 16.6 Å². The van der Waals surface area contributed by atoms with Gasteiger partial charge < -0.3 is 0 Å². The Kier molecular flexibility index (Phi) is 5.41. The molecule has 8 heteroatoms. The first kappa shape index (κ1) is 19.0. The van der Waals surface area contributed by atoms with Crippen molar-refractivity contribution >= 4 is 21.1 Å². The van der Waals surface area contributed by atoms with Crippen LogP contribution in [0.1, 0.15) is 37.3 Å². The molecule has 0 radical (unpaired) electrons. The number of aryl methyl sites for hydroxylation is 1. The van der Waals surface area contributed by atoms with Gasteiger partial charge in [-0.2, -0.15) is 0 Å². The van der Waals surface area contributed by atoms with E-state index in [-0.39, 0.29) is 30.1 Å². The zero-order valence-electron chi connectivity index (χ0n) is 15.5. The first-order valence-electron chi connectivity index (χ1n) is 9.55. The lowest BCUT2D eigenvalue weighted by Crippen LogP contribution is -2.35. The van der Waals surface area contributed by atoms with Gasteiger partial charge in [-0.05, 0) is 48.6 Å². The number of sulfonamides is 1. The molecule has 1 aromatic heterocycles. The quantitative estimate of drug-likeness (QED) is 0.657. The molecule has 28 heavy (non-hydrogen) atoms. The minimum absolute atomic E-state index is 0.0925. The highest BCUT2D eigenvalue weighted by Gasteiger charge is 2.30. The predicted octanol–water partition coefficient (Wildman–Crippen LogP) is 3.42. The Morgan fingerprint density at radius 1 is 1.11 bits per heavy atom. The van der Waals surface area contributed by atoms with Gasteiger partial charge in [0.05, 0.1) is 17.8 Å². The summed E-state index contributed by atoms with van der Waals surface area (Å²) in [6.07, 6.45) is 4.13. The molecule has 1 aliphatic rings. The van der Waals surface area contributed by atoms with Crippen molar-refractivity contribution in [3.63, 3.8) is 0 Å². The number of nitrogens with zero attached hydrogens (tertiary/aromatic N) is 3. The second-order valence-electron chi connectivity index (χ2n) is 7.31.